The smallest absolute Gasteiger partial charge is 0.220 e. The largest absolute Gasteiger partial charge is 0.381 e. The van der Waals surface area contributed by atoms with Gasteiger partial charge in [0.2, 0.25) is 5.91 Å². The van der Waals surface area contributed by atoms with Gasteiger partial charge in [-0.15, -0.1) is 0 Å². The molecule has 0 aliphatic carbocycles. The van der Waals surface area contributed by atoms with E-state index < -0.39 is 0 Å². The highest BCUT2D eigenvalue weighted by molar-refractivity contribution is 5.76. The highest BCUT2D eigenvalue weighted by Crippen LogP contribution is 2.27. The second kappa shape index (κ2) is 5.75. The van der Waals surface area contributed by atoms with E-state index in [0.29, 0.717) is 5.92 Å². The van der Waals surface area contributed by atoms with Crippen molar-refractivity contribution < 1.29 is 9.53 Å². The van der Waals surface area contributed by atoms with E-state index in [-0.39, 0.29) is 11.8 Å². The van der Waals surface area contributed by atoms with Crippen molar-refractivity contribution in [2.24, 2.45) is 11.7 Å². The molecule has 2 aliphatic rings. The van der Waals surface area contributed by atoms with Crippen LogP contribution < -0.4 is 10.6 Å². The zero-order chi connectivity index (χ0) is 13.9. The molecule has 2 aliphatic heterocycles. The standard InChI is InChI=1S/C14H20N4O2/c15-14(19)10-1-4-18(5-2-10)13-7-12(16-9-17-13)11-3-6-20-8-11/h7,9-11H,1-6,8H2,(H2,15,19)/t11-/m1/s1. The lowest BCUT2D eigenvalue weighted by molar-refractivity contribution is -0.122. The second-order valence-electron chi connectivity index (χ2n) is 5.53. The second-order valence-corrected chi connectivity index (χ2v) is 5.53. The van der Waals surface area contributed by atoms with Gasteiger partial charge in [0, 0.05) is 37.6 Å². The summed E-state index contributed by atoms with van der Waals surface area (Å²) in [5, 5.41) is 0. The van der Waals surface area contributed by atoms with Gasteiger partial charge in [-0.05, 0) is 19.3 Å². The first-order valence-electron chi connectivity index (χ1n) is 7.18. The van der Waals surface area contributed by atoms with Gasteiger partial charge in [0.05, 0.1) is 12.3 Å². The molecule has 2 fully saturated rings. The van der Waals surface area contributed by atoms with Crippen molar-refractivity contribution in [3.63, 3.8) is 0 Å². The van der Waals surface area contributed by atoms with Crippen LogP contribution in [0.15, 0.2) is 12.4 Å². The average Bonchev–Trinajstić information content (AvgIpc) is 3.02. The number of primary amides is 1. The molecule has 0 radical (unpaired) electrons. The summed E-state index contributed by atoms with van der Waals surface area (Å²) in [6.07, 6.45) is 4.27. The molecule has 6 heteroatoms. The molecule has 1 aromatic rings. The summed E-state index contributed by atoms with van der Waals surface area (Å²) in [4.78, 5) is 22.1. The number of aromatic nitrogens is 2. The first-order valence-corrected chi connectivity index (χ1v) is 7.18. The van der Waals surface area contributed by atoms with Crippen molar-refractivity contribution >= 4 is 11.7 Å². The molecule has 0 unspecified atom stereocenters. The Hall–Kier alpha value is -1.69. The number of hydrogen-bond acceptors (Lipinski definition) is 5. The van der Waals surface area contributed by atoms with Gasteiger partial charge in [-0.3, -0.25) is 4.79 Å². The minimum atomic E-state index is -0.184. The minimum absolute atomic E-state index is 0.00999. The summed E-state index contributed by atoms with van der Waals surface area (Å²) in [6.45, 7) is 3.21. The van der Waals surface area contributed by atoms with E-state index in [1.165, 1.54) is 0 Å². The van der Waals surface area contributed by atoms with Crippen molar-refractivity contribution in [2.45, 2.75) is 25.2 Å². The lowest BCUT2D eigenvalue weighted by atomic mass is 9.96. The highest BCUT2D eigenvalue weighted by Gasteiger charge is 2.25. The van der Waals surface area contributed by atoms with E-state index >= 15 is 0 Å². The Kier molecular flexibility index (Phi) is 3.82. The molecule has 6 nitrogen and oxygen atoms in total. The zero-order valence-corrected chi connectivity index (χ0v) is 11.5. The van der Waals surface area contributed by atoms with Crippen molar-refractivity contribution in [1.29, 1.82) is 0 Å². The van der Waals surface area contributed by atoms with Gasteiger partial charge in [0.15, 0.2) is 0 Å². The number of piperidine rings is 1. The Morgan fingerprint density at radius 2 is 2.10 bits per heavy atom. The van der Waals surface area contributed by atoms with Gasteiger partial charge in [-0.2, -0.15) is 0 Å². The molecule has 1 amide bonds. The summed E-state index contributed by atoms with van der Waals surface area (Å²) >= 11 is 0. The summed E-state index contributed by atoms with van der Waals surface area (Å²) in [5.41, 5.74) is 6.42. The monoisotopic (exact) mass is 276 g/mol. The molecule has 2 N–H and O–H groups in total. The first kappa shape index (κ1) is 13.3. The number of hydrogen-bond donors (Lipinski definition) is 1. The Balaban J connectivity index is 1.68. The molecule has 0 bridgehead atoms. The fourth-order valence-corrected chi connectivity index (χ4v) is 2.92. The SMILES string of the molecule is NC(=O)C1CCN(c2cc([C@@H]3CCOC3)ncn2)CC1. The average molecular weight is 276 g/mol. The van der Waals surface area contributed by atoms with Crippen LogP contribution in [0.1, 0.15) is 30.9 Å². The van der Waals surface area contributed by atoms with Gasteiger partial charge in [-0.25, -0.2) is 9.97 Å². The predicted molar refractivity (Wildman–Crippen MR) is 74.3 cm³/mol. The van der Waals surface area contributed by atoms with Crippen LogP contribution in [0.4, 0.5) is 5.82 Å². The first-order chi connectivity index (χ1) is 9.74. The van der Waals surface area contributed by atoms with Crippen molar-refractivity contribution in [3.8, 4) is 0 Å². The predicted octanol–water partition coefficient (Wildman–Crippen LogP) is 0.682. The Morgan fingerprint density at radius 3 is 2.75 bits per heavy atom. The molecule has 3 rings (SSSR count). The maximum absolute atomic E-state index is 11.2. The van der Waals surface area contributed by atoms with Crippen LogP contribution in [0.25, 0.3) is 0 Å². The van der Waals surface area contributed by atoms with E-state index in [4.69, 9.17) is 10.5 Å². The van der Waals surface area contributed by atoms with Gasteiger partial charge >= 0.3 is 0 Å². The van der Waals surface area contributed by atoms with E-state index in [1.54, 1.807) is 6.33 Å². The summed E-state index contributed by atoms with van der Waals surface area (Å²) in [7, 11) is 0. The molecular weight excluding hydrogens is 256 g/mol. The van der Waals surface area contributed by atoms with E-state index in [9.17, 15) is 4.79 Å². The topological polar surface area (TPSA) is 81.3 Å². The molecule has 1 atom stereocenters. The minimum Gasteiger partial charge on any atom is -0.381 e. The van der Waals surface area contributed by atoms with Crippen molar-refractivity contribution in [1.82, 2.24) is 9.97 Å². The number of nitrogens with zero attached hydrogens (tertiary/aromatic N) is 3. The molecule has 0 saturated carbocycles. The number of carbonyl (C=O) groups excluding carboxylic acids is 1. The molecule has 2 saturated heterocycles. The number of amides is 1. The number of rotatable bonds is 3. The number of carbonyl (C=O) groups is 1. The molecular formula is C14H20N4O2. The van der Waals surface area contributed by atoms with Crippen LogP contribution in [-0.4, -0.2) is 42.2 Å². The maximum Gasteiger partial charge on any atom is 0.220 e. The summed E-state index contributed by atoms with van der Waals surface area (Å²) in [5.74, 6) is 1.16. The normalized spacial score (nSPS) is 24.0. The Bertz CT molecular complexity index is 480. The van der Waals surface area contributed by atoms with Crippen LogP contribution in [0.3, 0.4) is 0 Å². The van der Waals surface area contributed by atoms with Gasteiger partial charge in [-0.1, -0.05) is 0 Å². The quantitative estimate of drug-likeness (QED) is 0.878. The van der Waals surface area contributed by atoms with Gasteiger partial charge in [0.25, 0.3) is 0 Å². The maximum atomic E-state index is 11.2. The van der Waals surface area contributed by atoms with Crippen LogP contribution in [0, 0.1) is 5.92 Å². The molecule has 108 valence electrons. The third-order valence-electron chi connectivity index (χ3n) is 4.24. The van der Waals surface area contributed by atoms with E-state index in [1.807, 2.05) is 0 Å². The lowest BCUT2D eigenvalue weighted by Gasteiger charge is -2.31. The molecule has 20 heavy (non-hydrogen) atoms. The van der Waals surface area contributed by atoms with Crippen LogP contribution in [0.5, 0.6) is 0 Å². The number of anilines is 1. The van der Waals surface area contributed by atoms with Gasteiger partial charge in [0.1, 0.15) is 12.1 Å². The number of nitrogens with two attached hydrogens (primary N) is 1. The lowest BCUT2D eigenvalue weighted by Crippen LogP contribution is -2.39. The molecule has 1 aromatic heterocycles. The van der Waals surface area contributed by atoms with Gasteiger partial charge < -0.3 is 15.4 Å². The van der Waals surface area contributed by atoms with E-state index in [0.717, 1.165) is 57.1 Å². The third kappa shape index (κ3) is 2.75. The van der Waals surface area contributed by atoms with E-state index in [2.05, 4.69) is 20.9 Å². The molecule has 0 spiro atoms. The van der Waals surface area contributed by atoms with Crippen LogP contribution >= 0.6 is 0 Å². The Labute approximate surface area is 118 Å². The molecule has 3 heterocycles. The number of ether oxygens (including phenoxy) is 1. The third-order valence-corrected chi connectivity index (χ3v) is 4.24. The van der Waals surface area contributed by atoms with Crippen molar-refractivity contribution in [2.75, 3.05) is 31.2 Å². The zero-order valence-electron chi connectivity index (χ0n) is 11.5. The Morgan fingerprint density at radius 1 is 1.30 bits per heavy atom. The fourth-order valence-electron chi connectivity index (χ4n) is 2.92. The van der Waals surface area contributed by atoms with Crippen LogP contribution in [-0.2, 0) is 9.53 Å². The highest BCUT2D eigenvalue weighted by atomic mass is 16.5. The summed E-state index contributed by atoms with van der Waals surface area (Å²) in [6, 6.07) is 2.06. The van der Waals surface area contributed by atoms with Crippen molar-refractivity contribution in [3.05, 3.63) is 18.1 Å². The molecule has 0 aromatic carbocycles. The summed E-state index contributed by atoms with van der Waals surface area (Å²) < 4.78 is 5.41. The van der Waals surface area contributed by atoms with Crippen LogP contribution in [0.2, 0.25) is 0 Å². The fraction of sp³-hybridized carbons (Fsp3) is 0.643.